The number of ether oxygens (including phenoxy) is 2. The molecule has 2 aliphatic rings. The molecule has 0 fully saturated rings. The van der Waals surface area contributed by atoms with Gasteiger partial charge in [0.25, 0.3) is 11.8 Å². The molecule has 0 N–H and O–H groups in total. The predicted molar refractivity (Wildman–Crippen MR) is 142 cm³/mol. The number of hydrogen-bond acceptors (Lipinski definition) is 6. The van der Waals surface area contributed by atoms with Gasteiger partial charge in [0.05, 0.1) is 42.6 Å². The minimum Gasteiger partial charge on any atom is -0.497 e. The Labute approximate surface area is 216 Å². The number of anilines is 2. The van der Waals surface area contributed by atoms with Crippen molar-refractivity contribution in [2.75, 3.05) is 25.7 Å². The number of rotatable bonds is 8. The maximum absolute atomic E-state index is 14.0. The molecule has 0 spiro atoms. The monoisotopic (exact) mass is 502 g/mol. The first kappa shape index (κ1) is 24.3. The summed E-state index contributed by atoms with van der Waals surface area (Å²) in [5.74, 6) is 0.619. The number of fused-ring (bicyclic) bond motifs is 3. The van der Waals surface area contributed by atoms with Gasteiger partial charge >= 0.3 is 0 Å². The molecule has 36 heavy (non-hydrogen) atoms. The molecule has 186 valence electrons. The summed E-state index contributed by atoms with van der Waals surface area (Å²) in [5.41, 5.74) is 3.92. The van der Waals surface area contributed by atoms with Gasteiger partial charge in [0.1, 0.15) is 11.5 Å². The van der Waals surface area contributed by atoms with E-state index in [9.17, 15) is 9.59 Å². The molecule has 0 saturated carbocycles. The van der Waals surface area contributed by atoms with E-state index in [1.807, 2.05) is 42.5 Å². The van der Waals surface area contributed by atoms with Crippen LogP contribution in [0.2, 0.25) is 0 Å². The molecule has 6 nitrogen and oxygen atoms in total. The number of amides is 2. The maximum atomic E-state index is 14.0. The molecule has 0 aromatic heterocycles. The lowest BCUT2D eigenvalue weighted by Crippen LogP contribution is -2.32. The van der Waals surface area contributed by atoms with Crippen LogP contribution in [0.1, 0.15) is 58.9 Å². The number of methoxy groups -OCH3 is 2. The molecule has 0 aliphatic carbocycles. The van der Waals surface area contributed by atoms with Crippen LogP contribution in [0.3, 0.4) is 0 Å². The Morgan fingerprint density at radius 3 is 2.53 bits per heavy atom. The number of carbonyl (C=O) groups is 2. The minimum absolute atomic E-state index is 0.260. The van der Waals surface area contributed by atoms with Crippen molar-refractivity contribution in [3.8, 4) is 11.5 Å². The number of nitrogens with zero attached hydrogens (tertiary/aromatic N) is 2. The van der Waals surface area contributed by atoms with E-state index in [0.29, 0.717) is 16.9 Å². The fourth-order valence-corrected chi connectivity index (χ4v) is 6.15. The highest BCUT2D eigenvalue weighted by atomic mass is 32.2. The summed E-state index contributed by atoms with van der Waals surface area (Å²) in [5, 5.41) is 0. The quantitative estimate of drug-likeness (QED) is 0.253. The third-order valence-corrected chi connectivity index (χ3v) is 7.96. The minimum atomic E-state index is -0.338. The Kier molecular flexibility index (Phi) is 6.92. The van der Waals surface area contributed by atoms with Crippen LogP contribution in [-0.4, -0.2) is 37.5 Å². The molecule has 3 aromatic rings. The molecule has 0 bridgehead atoms. The lowest BCUT2D eigenvalue weighted by Gasteiger charge is -2.34. The summed E-state index contributed by atoms with van der Waals surface area (Å²) in [6.07, 6.45) is 4.54. The van der Waals surface area contributed by atoms with E-state index < -0.39 is 0 Å². The van der Waals surface area contributed by atoms with E-state index in [1.54, 1.807) is 20.3 Å². The van der Waals surface area contributed by atoms with Crippen molar-refractivity contribution in [1.82, 2.24) is 4.90 Å². The Morgan fingerprint density at radius 1 is 0.972 bits per heavy atom. The second kappa shape index (κ2) is 10.3. The molecule has 0 saturated heterocycles. The van der Waals surface area contributed by atoms with Crippen LogP contribution in [-0.2, 0) is 6.54 Å². The molecule has 5 rings (SSSR count). The van der Waals surface area contributed by atoms with Crippen LogP contribution in [0.25, 0.3) is 0 Å². The van der Waals surface area contributed by atoms with Gasteiger partial charge in [-0.1, -0.05) is 56.1 Å². The van der Waals surface area contributed by atoms with Gasteiger partial charge in [-0.2, -0.15) is 0 Å². The normalized spacial score (nSPS) is 13.8. The SMILES string of the molecule is CCCCCCN1c2ccc(OC)cc2Sc2c1ccc(OC)c2C(=O)N1Cc2ccccc2C1=O. The summed E-state index contributed by atoms with van der Waals surface area (Å²) < 4.78 is 11.2. The van der Waals surface area contributed by atoms with Crippen molar-refractivity contribution in [1.29, 1.82) is 0 Å². The van der Waals surface area contributed by atoms with Gasteiger partial charge in [0, 0.05) is 17.0 Å². The number of imide groups is 1. The van der Waals surface area contributed by atoms with Crippen molar-refractivity contribution in [2.24, 2.45) is 0 Å². The van der Waals surface area contributed by atoms with Crippen LogP contribution < -0.4 is 14.4 Å². The lowest BCUT2D eigenvalue weighted by molar-refractivity contribution is 0.0627. The first-order valence-electron chi connectivity index (χ1n) is 12.4. The Morgan fingerprint density at radius 2 is 1.78 bits per heavy atom. The van der Waals surface area contributed by atoms with Crippen LogP contribution in [0.15, 0.2) is 64.4 Å². The second-order valence-electron chi connectivity index (χ2n) is 8.99. The average molecular weight is 503 g/mol. The average Bonchev–Trinajstić information content (AvgIpc) is 3.25. The van der Waals surface area contributed by atoms with Crippen molar-refractivity contribution in [3.63, 3.8) is 0 Å². The van der Waals surface area contributed by atoms with Crippen LogP contribution in [0.4, 0.5) is 11.4 Å². The first-order valence-corrected chi connectivity index (χ1v) is 13.2. The molecule has 2 heterocycles. The Balaban J connectivity index is 1.58. The number of unbranched alkanes of at least 4 members (excludes halogenated alkanes) is 3. The number of hydrogen-bond donors (Lipinski definition) is 0. The second-order valence-corrected chi connectivity index (χ2v) is 10.0. The fourth-order valence-electron chi connectivity index (χ4n) is 4.90. The molecular weight excluding hydrogens is 472 g/mol. The smallest absolute Gasteiger partial charge is 0.266 e. The van der Waals surface area contributed by atoms with Gasteiger partial charge in [-0.3, -0.25) is 14.5 Å². The van der Waals surface area contributed by atoms with Crippen molar-refractivity contribution in [2.45, 2.75) is 48.9 Å². The van der Waals surface area contributed by atoms with Gasteiger partial charge in [-0.05, 0) is 48.4 Å². The zero-order valence-electron chi connectivity index (χ0n) is 20.9. The predicted octanol–water partition coefficient (Wildman–Crippen LogP) is 6.68. The van der Waals surface area contributed by atoms with Crippen molar-refractivity contribution >= 4 is 35.0 Å². The molecule has 3 aromatic carbocycles. The molecule has 7 heteroatoms. The van der Waals surface area contributed by atoms with Gasteiger partial charge in [-0.15, -0.1) is 0 Å². The van der Waals surface area contributed by atoms with Crippen LogP contribution >= 0.6 is 11.8 Å². The van der Waals surface area contributed by atoms with E-state index in [0.717, 1.165) is 51.9 Å². The Hall–Kier alpha value is -3.45. The maximum Gasteiger partial charge on any atom is 0.266 e. The lowest BCUT2D eigenvalue weighted by atomic mass is 10.1. The fraction of sp³-hybridized carbons (Fsp3) is 0.310. The van der Waals surface area contributed by atoms with Crippen molar-refractivity contribution < 1.29 is 19.1 Å². The molecular formula is C29H30N2O4S. The molecule has 0 unspecified atom stereocenters. The van der Waals surface area contributed by atoms with Crippen LogP contribution in [0, 0.1) is 0 Å². The summed E-state index contributed by atoms with van der Waals surface area (Å²) >= 11 is 1.53. The van der Waals surface area contributed by atoms with E-state index in [4.69, 9.17) is 9.47 Å². The standard InChI is InChI=1S/C29H30N2O4S/c1-4-5-6-9-16-30-22-13-12-20(34-2)17-25(22)36-27-23(30)14-15-24(35-3)26(27)29(33)31-18-19-10-7-8-11-21(19)28(31)32/h7-8,10-15,17H,4-6,9,16,18H2,1-3H3. The third kappa shape index (κ3) is 4.22. The van der Waals surface area contributed by atoms with E-state index in [2.05, 4.69) is 17.9 Å². The molecule has 2 aliphatic heterocycles. The molecule has 2 amide bonds. The zero-order valence-corrected chi connectivity index (χ0v) is 21.7. The van der Waals surface area contributed by atoms with E-state index in [1.165, 1.54) is 29.5 Å². The summed E-state index contributed by atoms with van der Waals surface area (Å²) in [6, 6.07) is 17.3. The van der Waals surface area contributed by atoms with Gasteiger partial charge in [-0.25, -0.2) is 0 Å². The first-order chi connectivity index (χ1) is 17.6. The van der Waals surface area contributed by atoms with Gasteiger partial charge < -0.3 is 14.4 Å². The molecule has 0 radical (unpaired) electrons. The Bertz CT molecular complexity index is 1320. The summed E-state index contributed by atoms with van der Waals surface area (Å²) in [7, 11) is 3.21. The van der Waals surface area contributed by atoms with Gasteiger partial charge in [0.15, 0.2) is 0 Å². The highest BCUT2D eigenvalue weighted by Gasteiger charge is 2.37. The molecule has 0 atom stereocenters. The number of benzene rings is 3. The van der Waals surface area contributed by atoms with E-state index >= 15 is 0 Å². The number of carbonyl (C=O) groups excluding carboxylic acids is 2. The van der Waals surface area contributed by atoms with Crippen LogP contribution in [0.5, 0.6) is 11.5 Å². The zero-order chi connectivity index (χ0) is 25.2. The summed E-state index contributed by atoms with van der Waals surface area (Å²) in [4.78, 5) is 32.6. The highest BCUT2D eigenvalue weighted by Crippen LogP contribution is 2.52. The largest absolute Gasteiger partial charge is 0.497 e. The summed E-state index contributed by atoms with van der Waals surface area (Å²) in [6.45, 7) is 3.30. The highest BCUT2D eigenvalue weighted by molar-refractivity contribution is 7.99. The van der Waals surface area contributed by atoms with Crippen molar-refractivity contribution in [3.05, 3.63) is 71.3 Å². The van der Waals surface area contributed by atoms with E-state index in [-0.39, 0.29) is 18.4 Å². The topological polar surface area (TPSA) is 59.1 Å². The third-order valence-electron chi connectivity index (χ3n) is 6.79. The van der Waals surface area contributed by atoms with Gasteiger partial charge in [0.2, 0.25) is 0 Å².